The van der Waals surface area contributed by atoms with E-state index in [1.807, 2.05) is 28.7 Å². The standard InChI is InChI=1S/C21H21N5O3S2/c1-4-29-19(28)18-13(3)22-20(31-18)23-17(27)9-10-30-21-25-24-16-11-12(2)14-7-5-6-8-15(14)26(16)21/h5-8,11H,4,9-10H2,1-3H3,(H,22,23,27). The molecule has 10 heteroatoms. The first-order chi connectivity index (χ1) is 15.0. The first-order valence-electron chi connectivity index (χ1n) is 9.78. The normalized spacial score (nSPS) is 11.2. The lowest BCUT2D eigenvalue weighted by atomic mass is 10.1. The van der Waals surface area contributed by atoms with E-state index in [0.717, 1.165) is 38.6 Å². The highest BCUT2D eigenvalue weighted by Crippen LogP contribution is 2.27. The number of pyridine rings is 1. The average Bonchev–Trinajstić information content (AvgIpc) is 3.31. The van der Waals surface area contributed by atoms with E-state index in [1.54, 1.807) is 13.8 Å². The van der Waals surface area contributed by atoms with E-state index in [0.29, 0.717) is 28.1 Å². The zero-order chi connectivity index (χ0) is 22.0. The zero-order valence-electron chi connectivity index (χ0n) is 17.3. The van der Waals surface area contributed by atoms with Gasteiger partial charge in [0.2, 0.25) is 5.91 Å². The number of esters is 1. The van der Waals surface area contributed by atoms with Crippen molar-refractivity contribution in [2.24, 2.45) is 0 Å². The van der Waals surface area contributed by atoms with Crippen molar-refractivity contribution >= 4 is 56.7 Å². The molecule has 4 aromatic rings. The number of ether oxygens (including phenoxy) is 1. The quantitative estimate of drug-likeness (QED) is 0.328. The summed E-state index contributed by atoms with van der Waals surface area (Å²) in [4.78, 5) is 28.9. The molecular formula is C21H21N5O3S2. The molecule has 0 unspecified atom stereocenters. The molecule has 3 aromatic heterocycles. The van der Waals surface area contributed by atoms with Gasteiger partial charge in [-0.25, -0.2) is 9.78 Å². The molecule has 0 saturated heterocycles. The van der Waals surface area contributed by atoms with E-state index < -0.39 is 5.97 Å². The number of thioether (sulfide) groups is 1. The van der Waals surface area contributed by atoms with Crippen molar-refractivity contribution in [1.82, 2.24) is 19.6 Å². The van der Waals surface area contributed by atoms with Crippen LogP contribution in [0.4, 0.5) is 5.13 Å². The second-order valence-corrected chi connectivity index (χ2v) is 8.88. The molecule has 0 aliphatic rings. The molecule has 1 aromatic carbocycles. The number of thiazole rings is 1. The van der Waals surface area contributed by atoms with Gasteiger partial charge >= 0.3 is 5.97 Å². The number of benzene rings is 1. The van der Waals surface area contributed by atoms with Crippen LogP contribution < -0.4 is 5.32 Å². The summed E-state index contributed by atoms with van der Waals surface area (Å²) < 4.78 is 7.02. The molecule has 1 amide bonds. The number of hydrogen-bond acceptors (Lipinski definition) is 8. The monoisotopic (exact) mass is 455 g/mol. The van der Waals surface area contributed by atoms with Gasteiger partial charge in [0.25, 0.3) is 0 Å². The van der Waals surface area contributed by atoms with Gasteiger partial charge in [0.1, 0.15) is 4.88 Å². The minimum Gasteiger partial charge on any atom is -0.462 e. The van der Waals surface area contributed by atoms with Crippen LogP contribution >= 0.6 is 23.1 Å². The van der Waals surface area contributed by atoms with Crippen molar-refractivity contribution in [2.75, 3.05) is 17.7 Å². The maximum Gasteiger partial charge on any atom is 0.350 e. The lowest BCUT2D eigenvalue weighted by Gasteiger charge is -2.07. The van der Waals surface area contributed by atoms with E-state index in [2.05, 4.69) is 33.5 Å². The van der Waals surface area contributed by atoms with Gasteiger partial charge in [0, 0.05) is 17.6 Å². The summed E-state index contributed by atoms with van der Waals surface area (Å²) >= 11 is 2.59. The molecule has 3 heterocycles. The molecule has 4 rings (SSSR count). The number of rotatable bonds is 7. The highest BCUT2D eigenvalue weighted by molar-refractivity contribution is 7.99. The summed E-state index contributed by atoms with van der Waals surface area (Å²) in [6, 6.07) is 10.1. The largest absolute Gasteiger partial charge is 0.462 e. The summed E-state index contributed by atoms with van der Waals surface area (Å²) in [6.45, 7) is 5.82. The Hall–Kier alpha value is -2.98. The highest BCUT2D eigenvalue weighted by atomic mass is 32.2. The van der Waals surface area contributed by atoms with Gasteiger partial charge in [0.05, 0.1) is 17.8 Å². The SMILES string of the molecule is CCOC(=O)c1sc(NC(=O)CCSc2nnc3cc(C)c4ccccc4n23)nc1C. The number of nitrogens with one attached hydrogen (secondary N) is 1. The molecule has 0 radical (unpaired) electrons. The summed E-state index contributed by atoms with van der Waals surface area (Å²) in [5, 5.41) is 13.6. The number of aryl methyl sites for hydroxylation is 2. The van der Waals surface area contributed by atoms with Crippen LogP contribution in [0.15, 0.2) is 35.5 Å². The van der Waals surface area contributed by atoms with Gasteiger partial charge in [-0.2, -0.15) is 0 Å². The van der Waals surface area contributed by atoms with Crippen LogP contribution in [0.2, 0.25) is 0 Å². The third kappa shape index (κ3) is 4.40. The molecule has 0 atom stereocenters. The van der Waals surface area contributed by atoms with Crippen molar-refractivity contribution < 1.29 is 14.3 Å². The van der Waals surface area contributed by atoms with Crippen LogP contribution in [0.1, 0.15) is 34.3 Å². The first-order valence-corrected chi connectivity index (χ1v) is 11.6. The van der Waals surface area contributed by atoms with Gasteiger partial charge in [-0.15, -0.1) is 10.2 Å². The number of amides is 1. The van der Waals surface area contributed by atoms with Crippen molar-refractivity contribution in [2.45, 2.75) is 32.3 Å². The number of anilines is 1. The second-order valence-electron chi connectivity index (χ2n) is 6.82. The van der Waals surface area contributed by atoms with Crippen LogP contribution in [0, 0.1) is 13.8 Å². The number of aromatic nitrogens is 4. The molecule has 0 fully saturated rings. The predicted molar refractivity (Wildman–Crippen MR) is 122 cm³/mol. The van der Waals surface area contributed by atoms with Crippen molar-refractivity contribution in [3.63, 3.8) is 0 Å². The number of fused-ring (bicyclic) bond motifs is 3. The van der Waals surface area contributed by atoms with Gasteiger partial charge < -0.3 is 10.1 Å². The minimum atomic E-state index is -0.422. The van der Waals surface area contributed by atoms with E-state index in [4.69, 9.17) is 4.74 Å². The van der Waals surface area contributed by atoms with Crippen molar-refractivity contribution in [3.8, 4) is 0 Å². The summed E-state index contributed by atoms with van der Waals surface area (Å²) in [6.07, 6.45) is 0.275. The third-order valence-electron chi connectivity index (χ3n) is 4.64. The molecule has 0 saturated carbocycles. The molecule has 31 heavy (non-hydrogen) atoms. The Kier molecular flexibility index (Phi) is 6.19. The van der Waals surface area contributed by atoms with Crippen LogP contribution in [-0.4, -0.2) is 43.8 Å². The Balaban J connectivity index is 1.42. The second kappa shape index (κ2) is 9.03. The fourth-order valence-corrected chi connectivity index (χ4v) is 4.99. The average molecular weight is 456 g/mol. The molecular weight excluding hydrogens is 434 g/mol. The van der Waals surface area contributed by atoms with E-state index in [-0.39, 0.29) is 12.3 Å². The summed E-state index contributed by atoms with van der Waals surface area (Å²) in [5.74, 6) is -0.0647. The smallest absolute Gasteiger partial charge is 0.350 e. The van der Waals surface area contributed by atoms with Crippen LogP contribution in [-0.2, 0) is 9.53 Å². The Morgan fingerprint density at radius 2 is 2.03 bits per heavy atom. The Morgan fingerprint density at radius 3 is 2.84 bits per heavy atom. The van der Waals surface area contributed by atoms with Crippen LogP contribution in [0.3, 0.4) is 0 Å². The van der Waals surface area contributed by atoms with E-state index in [9.17, 15) is 9.59 Å². The summed E-state index contributed by atoms with van der Waals surface area (Å²) in [5.41, 5.74) is 3.52. The third-order valence-corrected chi connectivity index (χ3v) is 6.62. The fourth-order valence-electron chi connectivity index (χ4n) is 3.22. The van der Waals surface area contributed by atoms with E-state index >= 15 is 0 Å². The molecule has 1 N–H and O–H groups in total. The van der Waals surface area contributed by atoms with Crippen molar-refractivity contribution in [1.29, 1.82) is 0 Å². The van der Waals surface area contributed by atoms with Gasteiger partial charge in [-0.3, -0.25) is 9.20 Å². The molecule has 160 valence electrons. The van der Waals surface area contributed by atoms with Gasteiger partial charge in [0.15, 0.2) is 15.9 Å². The lowest BCUT2D eigenvalue weighted by Crippen LogP contribution is -2.12. The van der Waals surface area contributed by atoms with Gasteiger partial charge in [-0.05, 0) is 38.5 Å². The maximum absolute atomic E-state index is 12.4. The number of carbonyl (C=O) groups excluding carboxylic acids is 2. The molecule has 0 spiro atoms. The van der Waals surface area contributed by atoms with E-state index in [1.165, 1.54) is 11.8 Å². The van der Waals surface area contributed by atoms with Crippen LogP contribution in [0.25, 0.3) is 16.6 Å². The number of carbonyl (C=O) groups is 2. The Labute approximate surface area is 187 Å². The minimum absolute atomic E-state index is 0.175. The first kappa shape index (κ1) is 21.3. The Bertz CT molecular complexity index is 1280. The topological polar surface area (TPSA) is 98.5 Å². The molecule has 0 aliphatic heterocycles. The number of hydrogen-bond donors (Lipinski definition) is 1. The maximum atomic E-state index is 12.4. The van der Waals surface area contributed by atoms with Crippen molar-refractivity contribution in [3.05, 3.63) is 46.5 Å². The molecule has 8 nitrogen and oxygen atoms in total. The zero-order valence-corrected chi connectivity index (χ0v) is 19.0. The number of para-hydroxylation sites is 1. The highest BCUT2D eigenvalue weighted by Gasteiger charge is 2.18. The predicted octanol–water partition coefficient (Wildman–Crippen LogP) is 4.25. The molecule has 0 bridgehead atoms. The Morgan fingerprint density at radius 1 is 1.23 bits per heavy atom. The number of nitrogens with zero attached hydrogens (tertiary/aromatic N) is 4. The fraction of sp³-hybridized carbons (Fsp3) is 0.286. The van der Waals surface area contributed by atoms with Gasteiger partial charge in [-0.1, -0.05) is 41.3 Å². The lowest BCUT2D eigenvalue weighted by molar-refractivity contribution is -0.115. The molecule has 0 aliphatic carbocycles. The van der Waals surface area contributed by atoms with Crippen LogP contribution in [0.5, 0.6) is 0 Å². The summed E-state index contributed by atoms with van der Waals surface area (Å²) in [7, 11) is 0.